The van der Waals surface area contributed by atoms with E-state index in [1.54, 1.807) is 12.1 Å². The van der Waals surface area contributed by atoms with Crippen molar-refractivity contribution in [2.24, 2.45) is 5.92 Å². The first-order chi connectivity index (χ1) is 23.3. The van der Waals surface area contributed by atoms with Gasteiger partial charge in [0.2, 0.25) is 0 Å². The molecule has 0 radical (unpaired) electrons. The molecule has 0 bridgehead atoms. The van der Waals surface area contributed by atoms with E-state index in [1.807, 2.05) is 54.6 Å². The van der Waals surface area contributed by atoms with Crippen LogP contribution >= 0.6 is 0 Å². The molecule has 0 fully saturated rings. The monoisotopic (exact) mass is 657 g/mol. The smallest absolute Gasteiger partial charge is 0.379 e. The van der Waals surface area contributed by atoms with E-state index in [0.29, 0.717) is 25.4 Å². The summed E-state index contributed by atoms with van der Waals surface area (Å²) in [6.45, 7) is 8.66. The van der Waals surface area contributed by atoms with Gasteiger partial charge in [0.05, 0.1) is 13.2 Å². The zero-order chi connectivity index (χ0) is 34.5. The number of benzene rings is 3. The molecule has 3 aromatic carbocycles. The summed E-state index contributed by atoms with van der Waals surface area (Å²) in [7, 11) is 0. The van der Waals surface area contributed by atoms with Crippen LogP contribution in [0.5, 0.6) is 0 Å². The highest BCUT2D eigenvalue weighted by molar-refractivity contribution is 6.41. The van der Waals surface area contributed by atoms with Crippen LogP contribution in [-0.4, -0.2) is 65.0 Å². The van der Waals surface area contributed by atoms with Gasteiger partial charge < -0.3 is 29.0 Å². The second-order valence-corrected chi connectivity index (χ2v) is 12.1. The Morgan fingerprint density at radius 1 is 0.833 bits per heavy atom. The molecule has 0 aliphatic carbocycles. The quantitative estimate of drug-likeness (QED) is 0.0354. The van der Waals surface area contributed by atoms with Gasteiger partial charge in [0, 0.05) is 46.6 Å². The van der Waals surface area contributed by atoms with Gasteiger partial charge in [0.1, 0.15) is 18.8 Å². The van der Waals surface area contributed by atoms with Gasteiger partial charge in [-0.2, -0.15) is 0 Å². The van der Waals surface area contributed by atoms with E-state index in [0.717, 1.165) is 71.2 Å². The number of aliphatic hydroxyl groups excluding tert-OH is 2. The lowest BCUT2D eigenvalue weighted by molar-refractivity contribution is -0.142. The number of aliphatic hydroxyl groups is 2. The molecule has 0 aliphatic heterocycles. The first kappa shape index (κ1) is 36.5. The fourth-order valence-corrected chi connectivity index (χ4v) is 5.79. The van der Waals surface area contributed by atoms with Crippen LogP contribution in [0.4, 0.5) is 0 Å². The summed E-state index contributed by atoms with van der Waals surface area (Å²) in [5, 5.41) is 23.1. The summed E-state index contributed by atoms with van der Waals surface area (Å²) in [5.41, 5.74) is 3.64. The van der Waals surface area contributed by atoms with Gasteiger partial charge >= 0.3 is 11.9 Å². The molecule has 4 aromatic rings. The number of unbranched alkanes of at least 4 members (excludes halogenated alkanes) is 2. The number of hydrogen-bond acceptors (Lipinski definition) is 8. The minimum Gasteiger partial charge on any atom is -0.463 e. The molecule has 9 nitrogen and oxygen atoms in total. The second-order valence-electron chi connectivity index (χ2n) is 12.1. The Balaban J connectivity index is 1.49. The van der Waals surface area contributed by atoms with Gasteiger partial charge in [-0.05, 0) is 66.6 Å². The fourth-order valence-electron chi connectivity index (χ4n) is 5.79. The molecule has 0 amide bonds. The first-order valence-electron chi connectivity index (χ1n) is 16.8. The maximum atomic E-state index is 13.2. The van der Waals surface area contributed by atoms with E-state index in [1.165, 1.54) is 0 Å². The number of nitrogens with zero attached hydrogens (tertiary/aromatic N) is 1. The van der Waals surface area contributed by atoms with E-state index in [2.05, 4.69) is 25.0 Å². The van der Waals surface area contributed by atoms with Crippen molar-refractivity contribution in [3.63, 3.8) is 0 Å². The van der Waals surface area contributed by atoms with Crippen molar-refractivity contribution in [2.45, 2.75) is 71.1 Å². The highest BCUT2D eigenvalue weighted by atomic mass is 16.6. The Labute approximate surface area is 282 Å². The average Bonchev–Trinajstić information content (AvgIpc) is 3.42. The molecule has 48 heavy (non-hydrogen) atoms. The Hall–Kier alpha value is -4.31. The van der Waals surface area contributed by atoms with Crippen LogP contribution in [0.1, 0.15) is 80.0 Å². The molecule has 1 aromatic heterocycles. The molecule has 9 heteroatoms. The van der Waals surface area contributed by atoms with Gasteiger partial charge in [-0.25, -0.2) is 9.59 Å². The van der Waals surface area contributed by atoms with Crippen LogP contribution in [0.25, 0.3) is 21.8 Å². The number of rotatable bonds is 20. The third kappa shape index (κ3) is 9.62. The van der Waals surface area contributed by atoms with Gasteiger partial charge in [-0.15, -0.1) is 0 Å². The molecule has 1 heterocycles. The van der Waals surface area contributed by atoms with Crippen LogP contribution < -0.4 is 0 Å². The van der Waals surface area contributed by atoms with Crippen molar-refractivity contribution in [1.82, 2.24) is 4.57 Å². The Morgan fingerprint density at radius 2 is 1.54 bits per heavy atom. The highest BCUT2D eigenvalue weighted by Crippen LogP contribution is 2.35. The zero-order valence-corrected chi connectivity index (χ0v) is 27.9. The average molecular weight is 658 g/mol. The Kier molecular flexibility index (Phi) is 13.9. The van der Waals surface area contributed by atoms with Crippen molar-refractivity contribution >= 4 is 39.5 Å². The summed E-state index contributed by atoms with van der Waals surface area (Å²) < 4.78 is 17.7. The molecular weight excluding hydrogens is 610 g/mol. The number of ketones is 1. The second kappa shape index (κ2) is 18.3. The molecule has 2 N–H and O–H groups in total. The standard InChI is InChI=1S/C39H47NO8/c1-4-7-13-27(5-2)24-40-34-18-16-29(37(43)28-14-9-8-10-15-28)22-32(34)33-23-30(17-19-35(33)40)38(44)39(45)48-26-31(41)25-46-20-11-12-21-47-36(42)6-3/h6,8-10,14-19,22-23,27,31,37,41,43H,3-5,7,11-13,20-21,24-26H2,1-2H3. The third-order valence-electron chi connectivity index (χ3n) is 8.56. The maximum absolute atomic E-state index is 13.2. The van der Waals surface area contributed by atoms with E-state index in [9.17, 15) is 24.6 Å². The van der Waals surface area contributed by atoms with Crippen molar-refractivity contribution < 1.29 is 38.8 Å². The van der Waals surface area contributed by atoms with Gasteiger partial charge in [-0.1, -0.05) is 76.1 Å². The molecule has 3 unspecified atom stereocenters. The third-order valence-corrected chi connectivity index (χ3v) is 8.56. The Morgan fingerprint density at radius 3 is 2.25 bits per heavy atom. The molecule has 0 spiro atoms. The van der Waals surface area contributed by atoms with Crippen molar-refractivity contribution in [2.75, 3.05) is 26.4 Å². The molecule has 0 saturated heterocycles. The molecular formula is C39H47NO8. The lowest BCUT2D eigenvalue weighted by Gasteiger charge is -2.18. The maximum Gasteiger partial charge on any atom is 0.379 e. The highest BCUT2D eigenvalue weighted by Gasteiger charge is 2.23. The number of esters is 2. The van der Waals surface area contributed by atoms with Gasteiger partial charge in [0.15, 0.2) is 0 Å². The summed E-state index contributed by atoms with van der Waals surface area (Å²) in [5.74, 6) is -1.88. The Bertz CT molecular complexity index is 1680. The topological polar surface area (TPSA) is 124 Å². The van der Waals surface area contributed by atoms with Gasteiger partial charge in [-0.3, -0.25) is 4.79 Å². The van der Waals surface area contributed by atoms with Crippen LogP contribution in [0, 0.1) is 5.92 Å². The summed E-state index contributed by atoms with van der Waals surface area (Å²) in [6.07, 6.45) is 4.82. The van der Waals surface area contributed by atoms with Crippen molar-refractivity contribution in [3.8, 4) is 0 Å². The normalized spacial score (nSPS) is 13.2. The fraction of sp³-hybridized carbons (Fsp3) is 0.410. The van der Waals surface area contributed by atoms with E-state index in [4.69, 9.17) is 14.2 Å². The number of fused-ring (bicyclic) bond motifs is 3. The first-order valence-corrected chi connectivity index (χ1v) is 16.8. The number of aromatic nitrogens is 1. The lowest BCUT2D eigenvalue weighted by atomic mass is 9.98. The van der Waals surface area contributed by atoms with Gasteiger partial charge in [0.25, 0.3) is 5.78 Å². The van der Waals surface area contributed by atoms with Crippen LogP contribution in [0.2, 0.25) is 0 Å². The summed E-state index contributed by atoms with van der Waals surface area (Å²) >= 11 is 0. The van der Waals surface area contributed by atoms with E-state index in [-0.39, 0.29) is 25.4 Å². The summed E-state index contributed by atoms with van der Waals surface area (Å²) in [4.78, 5) is 37.0. The molecule has 3 atom stereocenters. The van der Waals surface area contributed by atoms with Crippen LogP contribution in [-0.2, 0) is 30.3 Å². The number of carbonyl (C=O) groups is 3. The number of hydrogen-bond donors (Lipinski definition) is 2. The number of carbonyl (C=O) groups excluding carboxylic acids is 3. The van der Waals surface area contributed by atoms with Crippen molar-refractivity contribution in [3.05, 3.63) is 96.1 Å². The minimum atomic E-state index is -1.10. The minimum absolute atomic E-state index is 0.0758. The number of ether oxygens (including phenoxy) is 3. The van der Waals surface area contributed by atoms with E-state index < -0.39 is 29.9 Å². The molecule has 4 rings (SSSR count). The molecule has 0 aliphatic rings. The van der Waals surface area contributed by atoms with Crippen molar-refractivity contribution in [1.29, 1.82) is 0 Å². The van der Waals surface area contributed by atoms with Crippen LogP contribution in [0.15, 0.2) is 79.4 Å². The molecule has 256 valence electrons. The lowest BCUT2D eigenvalue weighted by Crippen LogP contribution is -2.27. The largest absolute Gasteiger partial charge is 0.463 e. The van der Waals surface area contributed by atoms with E-state index >= 15 is 0 Å². The van der Waals surface area contributed by atoms with Crippen LogP contribution in [0.3, 0.4) is 0 Å². The zero-order valence-electron chi connectivity index (χ0n) is 27.9. The predicted molar refractivity (Wildman–Crippen MR) is 186 cm³/mol. The summed E-state index contributed by atoms with van der Waals surface area (Å²) in [6, 6.07) is 20.6. The molecule has 0 saturated carbocycles. The number of Topliss-reactive ketones (excluding diaryl/α,β-unsaturated/α-hetero) is 1. The SMILES string of the molecule is C=CC(=O)OCCCCOCC(O)COC(=O)C(=O)c1ccc2c(c1)c1cc(C(O)c3ccccc3)ccc1n2CC(CC)CCCC. The predicted octanol–water partition coefficient (Wildman–Crippen LogP) is 6.71.